The second-order valence-corrected chi connectivity index (χ2v) is 13.2. The Kier molecular flexibility index (Phi) is 13.5. The Hall–Kier alpha value is -5.27. The molecule has 1 saturated heterocycles. The lowest BCUT2D eigenvalue weighted by Gasteiger charge is -2.34. The number of hydrogen-bond acceptors (Lipinski definition) is 12. The molecule has 1 aliphatic rings. The van der Waals surface area contributed by atoms with Gasteiger partial charge in [0.1, 0.15) is 11.5 Å². The van der Waals surface area contributed by atoms with Gasteiger partial charge in [-0.3, -0.25) is 24.1 Å². The first-order chi connectivity index (χ1) is 24.0. The van der Waals surface area contributed by atoms with Crippen LogP contribution in [0.4, 0.5) is 5.69 Å². The van der Waals surface area contributed by atoms with Gasteiger partial charge in [-0.1, -0.05) is 64.1 Å². The number of nitrogens with zero attached hydrogens (tertiary/aromatic N) is 1. The highest BCUT2D eigenvalue weighted by atomic mass is 16.6. The topological polar surface area (TPSA) is 195 Å². The van der Waals surface area contributed by atoms with E-state index in [2.05, 4.69) is 0 Å². The molecule has 276 valence electrons. The first-order valence-electron chi connectivity index (χ1n) is 16.6. The highest BCUT2D eigenvalue weighted by Gasteiger charge is 2.48. The van der Waals surface area contributed by atoms with E-state index in [0.29, 0.717) is 12.0 Å². The zero-order chi connectivity index (χ0) is 38.2. The summed E-state index contributed by atoms with van der Waals surface area (Å²) >= 11 is 0. The summed E-state index contributed by atoms with van der Waals surface area (Å²) in [6.07, 6.45) is -5.79. The second kappa shape index (κ2) is 17.1. The minimum absolute atomic E-state index is 0.115. The average molecular weight is 711 g/mol. The highest BCUT2D eigenvalue weighted by Crippen LogP contribution is 2.34. The molecule has 1 aliphatic heterocycles. The van der Waals surface area contributed by atoms with Crippen molar-refractivity contribution < 1.29 is 57.2 Å². The van der Waals surface area contributed by atoms with Gasteiger partial charge in [-0.2, -0.15) is 0 Å². The van der Waals surface area contributed by atoms with Crippen LogP contribution in [0.3, 0.4) is 0 Å². The number of benzene rings is 2. The molecule has 6 unspecified atom stereocenters. The fourth-order valence-corrected chi connectivity index (χ4v) is 5.51. The Morgan fingerprint density at radius 2 is 1.53 bits per heavy atom. The van der Waals surface area contributed by atoms with E-state index in [-0.39, 0.29) is 29.8 Å². The number of carbonyl (C=O) groups excluding carboxylic acids is 7. The molecule has 0 bridgehead atoms. The summed E-state index contributed by atoms with van der Waals surface area (Å²) in [6.45, 7) is 10.4. The van der Waals surface area contributed by atoms with E-state index in [1.807, 2.05) is 0 Å². The molecule has 51 heavy (non-hydrogen) atoms. The minimum Gasteiger partial charge on any atom is -0.494 e. The van der Waals surface area contributed by atoms with E-state index in [0.717, 1.165) is 4.90 Å². The molecule has 14 heteroatoms. The Morgan fingerprint density at radius 1 is 0.902 bits per heavy atom. The largest absolute Gasteiger partial charge is 0.494 e. The Labute approximate surface area is 296 Å². The number of cyclic esters (lactones) is 4. The van der Waals surface area contributed by atoms with Crippen molar-refractivity contribution in [2.45, 2.75) is 91.8 Å². The maximum Gasteiger partial charge on any atom is 0.348 e. The molecule has 0 aliphatic carbocycles. The summed E-state index contributed by atoms with van der Waals surface area (Å²) in [4.78, 5) is 95.4. The number of primary amides is 1. The van der Waals surface area contributed by atoms with Gasteiger partial charge in [-0.25, -0.2) is 14.4 Å². The third kappa shape index (κ3) is 9.10. The highest BCUT2D eigenvalue weighted by molar-refractivity contribution is 6.06. The number of ether oxygens (including phenoxy) is 5. The fraction of sp³-hybridized carbons (Fsp3) is 0.486. The summed E-state index contributed by atoms with van der Waals surface area (Å²) < 4.78 is 28.3. The van der Waals surface area contributed by atoms with Crippen molar-refractivity contribution >= 4 is 47.7 Å². The first kappa shape index (κ1) is 40.2. The van der Waals surface area contributed by atoms with Gasteiger partial charge < -0.3 is 29.4 Å². The number of Topliss-reactive ketones (excluding diaryl/α,β-unsaturated/α-hetero) is 1. The van der Waals surface area contributed by atoms with Gasteiger partial charge in [0.2, 0.25) is 18.6 Å². The van der Waals surface area contributed by atoms with Crippen LogP contribution in [0, 0.1) is 17.3 Å². The van der Waals surface area contributed by atoms with Crippen LogP contribution in [-0.2, 0) is 54.1 Å². The van der Waals surface area contributed by atoms with E-state index >= 15 is 0 Å². The summed E-state index contributed by atoms with van der Waals surface area (Å²) in [5.74, 6) is -7.68. The monoisotopic (exact) mass is 710 g/mol. The van der Waals surface area contributed by atoms with Crippen LogP contribution in [0.15, 0.2) is 48.5 Å². The van der Waals surface area contributed by atoms with E-state index in [9.17, 15) is 33.6 Å². The van der Waals surface area contributed by atoms with Gasteiger partial charge in [-0.15, -0.1) is 0 Å². The number of esters is 4. The van der Waals surface area contributed by atoms with Gasteiger partial charge in [0.05, 0.1) is 18.4 Å². The molecule has 2 aromatic carbocycles. The van der Waals surface area contributed by atoms with Crippen molar-refractivity contribution in [2.75, 3.05) is 12.0 Å². The van der Waals surface area contributed by atoms with Crippen molar-refractivity contribution in [3.05, 3.63) is 59.7 Å². The van der Waals surface area contributed by atoms with Gasteiger partial charge in [0.25, 0.3) is 5.91 Å². The second-order valence-electron chi connectivity index (χ2n) is 13.2. The van der Waals surface area contributed by atoms with E-state index in [4.69, 9.17) is 29.4 Å². The molecule has 6 atom stereocenters. The lowest BCUT2D eigenvalue weighted by atomic mass is 9.83. The summed E-state index contributed by atoms with van der Waals surface area (Å²) in [7, 11) is 1.22. The maximum absolute atomic E-state index is 14.2. The number of methoxy groups -OCH3 is 1. The lowest BCUT2D eigenvalue weighted by Crippen LogP contribution is -2.53. The Bertz CT molecular complexity index is 1620. The third-order valence-electron chi connectivity index (χ3n) is 8.79. The Balaban J connectivity index is 2.25. The molecule has 0 saturated carbocycles. The number of carbonyl (C=O) groups is 7. The van der Waals surface area contributed by atoms with Gasteiger partial charge in [-0.05, 0) is 44.9 Å². The first-order valence-corrected chi connectivity index (χ1v) is 16.6. The maximum atomic E-state index is 14.2. The van der Waals surface area contributed by atoms with Crippen LogP contribution in [0.2, 0.25) is 0 Å². The third-order valence-corrected chi connectivity index (χ3v) is 8.79. The molecule has 0 aromatic heterocycles. The van der Waals surface area contributed by atoms with Gasteiger partial charge >= 0.3 is 23.9 Å². The quantitative estimate of drug-likeness (QED) is 0.164. The van der Waals surface area contributed by atoms with Crippen LogP contribution >= 0.6 is 0 Å². The minimum atomic E-state index is -1.92. The van der Waals surface area contributed by atoms with Crippen molar-refractivity contribution in [1.29, 1.82) is 0 Å². The van der Waals surface area contributed by atoms with Crippen LogP contribution in [0.25, 0.3) is 0 Å². The number of rotatable bonds is 10. The molecular weight excluding hydrogens is 664 g/mol. The molecule has 1 heterocycles. The summed E-state index contributed by atoms with van der Waals surface area (Å²) in [6, 6.07) is 10.9. The molecule has 2 N–H and O–H groups in total. The van der Waals surface area contributed by atoms with Crippen molar-refractivity contribution in [3.63, 3.8) is 0 Å². The van der Waals surface area contributed by atoms with E-state index < -0.39 is 83.3 Å². The molecule has 2 aromatic rings. The van der Waals surface area contributed by atoms with Crippen LogP contribution in [-0.4, -0.2) is 79.5 Å². The molecule has 3 rings (SSSR count). The van der Waals surface area contributed by atoms with Crippen LogP contribution in [0.1, 0.15) is 70.8 Å². The zero-order valence-corrected chi connectivity index (χ0v) is 30.1. The smallest absolute Gasteiger partial charge is 0.348 e. The number of anilines is 1. The molecule has 1 fully saturated rings. The van der Waals surface area contributed by atoms with Crippen molar-refractivity contribution in [1.82, 2.24) is 0 Å². The zero-order valence-electron chi connectivity index (χ0n) is 30.1. The fourth-order valence-electron chi connectivity index (χ4n) is 5.51. The molecule has 0 spiro atoms. The standard InChI is InChI=1S/C37H46N2O12/c1-9-21(4)29-35(45)48-22(5)27(39(19-40)25-17-13-16-24(32(38)42)30(25)47-8)33(43)50-28(20(2)3)34(44)49-26(18-23-14-11-10-12-15-23)31(41)37(6,7)36(46)51-29/h10-17,19-22,26-29H,9,18H2,1-8H3,(H2,38,42). The summed E-state index contributed by atoms with van der Waals surface area (Å²) in [5, 5.41) is 0. The number of nitrogens with two attached hydrogens (primary N) is 1. The lowest BCUT2D eigenvalue weighted by molar-refractivity contribution is -0.183. The molecule has 0 radical (unpaired) electrons. The van der Waals surface area contributed by atoms with Crippen molar-refractivity contribution in [2.24, 2.45) is 23.0 Å². The predicted molar refractivity (Wildman–Crippen MR) is 182 cm³/mol. The van der Waals surface area contributed by atoms with Gasteiger partial charge in [0.15, 0.2) is 23.7 Å². The number of ketones is 1. The van der Waals surface area contributed by atoms with E-state index in [1.165, 1.54) is 46.1 Å². The van der Waals surface area contributed by atoms with Crippen LogP contribution < -0.4 is 15.4 Å². The SMILES string of the molecule is CCC(C)C1OC(=O)C(C)(C)C(=O)C(Cc2ccccc2)OC(=O)C(C(C)C)OC(=O)C(N(C=O)c2cccc(C(N)=O)c2OC)C(C)OC1=O. The summed E-state index contributed by atoms with van der Waals surface area (Å²) in [5.41, 5.74) is 3.98. The molecular formula is C37H46N2O12. The Morgan fingerprint density at radius 3 is 2.08 bits per heavy atom. The predicted octanol–water partition coefficient (Wildman–Crippen LogP) is 3.35. The number of amides is 2. The van der Waals surface area contributed by atoms with Crippen molar-refractivity contribution in [3.8, 4) is 5.75 Å². The molecule has 2 amide bonds. The van der Waals surface area contributed by atoms with Gasteiger partial charge in [0, 0.05) is 18.3 Å². The number of hydrogen-bond donors (Lipinski definition) is 1. The average Bonchev–Trinajstić information content (AvgIpc) is 3.09. The number of para-hydroxylation sites is 1. The van der Waals surface area contributed by atoms with Crippen LogP contribution in [0.5, 0.6) is 5.75 Å². The molecule has 14 nitrogen and oxygen atoms in total. The van der Waals surface area contributed by atoms with E-state index in [1.54, 1.807) is 58.0 Å². The normalized spacial score (nSPS) is 23.8.